The van der Waals surface area contributed by atoms with E-state index in [2.05, 4.69) is 27.0 Å². The normalized spacial score (nSPS) is 26.5. The molecule has 0 saturated carbocycles. The lowest BCUT2D eigenvalue weighted by Gasteiger charge is -2.36. The quantitative estimate of drug-likeness (QED) is 0.810. The van der Waals surface area contributed by atoms with Crippen LogP contribution in [0.5, 0.6) is 0 Å². The predicted octanol–water partition coefficient (Wildman–Crippen LogP) is 2.82. The molecular formula is C20H25N3O2. The second-order valence-electron chi connectivity index (χ2n) is 6.93. The summed E-state index contributed by atoms with van der Waals surface area (Å²) in [6.07, 6.45) is 11.3. The summed E-state index contributed by atoms with van der Waals surface area (Å²) in [6, 6.07) is 8.73. The fourth-order valence-electron chi connectivity index (χ4n) is 3.92. The maximum Gasteiger partial charge on any atom is 0.0813 e. The fraction of sp³-hybridized carbons (Fsp3) is 0.500. The Morgan fingerprint density at radius 1 is 1.04 bits per heavy atom. The molecule has 132 valence electrons. The van der Waals surface area contributed by atoms with Crippen LogP contribution in [0.15, 0.2) is 49.1 Å². The third-order valence-corrected chi connectivity index (χ3v) is 5.18. The highest BCUT2D eigenvalue weighted by atomic mass is 16.5. The Morgan fingerprint density at radius 2 is 1.96 bits per heavy atom. The third-order valence-electron chi connectivity index (χ3n) is 5.18. The van der Waals surface area contributed by atoms with Crippen molar-refractivity contribution in [1.29, 1.82) is 0 Å². The van der Waals surface area contributed by atoms with E-state index in [0.29, 0.717) is 25.4 Å². The SMILES string of the molecule is c1cncc(COC[C@H]2CC[C@H]3[C@H](CCN3Cc3ccncc3)O2)c1. The van der Waals surface area contributed by atoms with Crippen LogP contribution < -0.4 is 0 Å². The van der Waals surface area contributed by atoms with Gasteiger partial charge in [0.05, 0.1) is 25.4 Å². The first-order valence-electron chi connectivity index (χ1n) is 9.13. The molecule has 2 aromatic rings. The van der Waals surface area contributed by atoms with Crippen LogP contribution in [0, 0.1) is 0 Å². The minimum Gasteiger partial charge on any atom is -0.374 e. The number of hydrogen-bond donors (Lipinski definition) is 0. The molecule has 2 aliphatic rings. The zero-order valence-corrected chi connectivity index (χ0v) is 14.5. The second kappa shape index (κ2) is 8.04. The van der Waals surface area contributed by atoms with Gasteiger partial charge in [0.25, 0.3) is 0 Å². The molecule has 0 unspecified atom stereocenters. The highest BCUT2D eigenvalue weighted by molar-refractivity contribution is 5.10. The Labute approximate surface area is 149 Å². The molecule has 2 saturated heterocycles. The molecule has 0 N–H and O–H groups in total. The average molecular weight is 339 g/mol. The molecule has 3 atom stereocenters. The van der Waals surface area contributed by atoms with Crippen LogP contribution in [-0.4, -0.2) is 46.3 Å². The van der Waals surface area contributed by atoms with E-state index < -0.39 is 0 Å². The van der Waals surface area contributed by atoms with Gasteiger partial charge in [-0.25, -0.2) is 0 Å². The average Bonchev–Trinajstić information content (AvgIpc) is 3.06. The number of ether oxygens (including phenoxy) is 2. The molecule has 0 radical (unpaired) electrons. The molecule has 5 nitrogen and oxygen atoms in total. The third kappa shape index (κ3) is 4.24. The van der Waals surface area contributed by atoms with Crippen molar-refractivity contribution in [3.05, 3.63) is 60.2 Å². The Hall–Kier alpha value is -1.82. The minimum atomic E-state index is 0.221. The van der Waals surface area contributed by atoms with E-state index in [9.17, 15) is 0 Å². The van der Waals surface area contributed by atoms with Crippen LogP contribution >= 0.6 is 0 Å². The molecule has 4 heterocycles. The Bertz CT molecular complexity index is 653. The van der Waals surface area contributed by atoms with Crippen LogP contribution in [0.3, 0.4) is 0 Å². The summed E-state index contributed by atoms with van der Waals surface area (Å²) in [4.78, 5) is 10.8. The molecule has 0 amide bonds. The lowest BCUT2D eigenvalue weighted by molar-refractivity contribution is -0.102. The predicted molar refractivity (Wildman–Crippen MR) is 94.8 cm³/mol. The number of aromatic nitrogens is 2. The van der Waals surface area contributed by atoms with Crippen molar-refractivity contribution in [2.75, 3.05) is 13.2 Å². The van der Waals surface area contributed by atoms with Crippen molar-refractivity contribution >= 4 is 0 Å². The van der Waals surface area contributed by atoms with Gasteiger partial charge in [-0.2, -0.15) is 0 Å². The minimum absolute atomic E-state index is 0.221. The van der Waals surface area contributed by atoms with Gasteiger partial charge in [0, 0.05) is 43.9 Å². The molecule has 2 aromatic heterocycles. The summed E-state index contributed by atoms with van der Waals surface area (Å²) < 4.78 is 12.2. The number of pyridine rings is 2. The van der Waals surface area contributed by atoms with Crippen molar-refractivity contribution in [2.45, 2.75) is 50.7 Å². The van der Waals surface area contributed by atoms with Crippen molar-refractivity contribution in [2.24, 2.45) is 0 Å². The van der Waals surface area contributed by atoms with Gasteiger partial charge in [0.15, 0.2) is 0 Å². The lowest BCUT2D eigenvalue weighted by Crippen LogP contribution is -2.43. The molecule has 0 spiro atoms. The first kappa shape index (κ1) is 16.6. The molecule has 2 aliphatic heterocycles. The monoisotopic (exact) mass is 339 g/mol. The summed E-state index contributed by atoms with van der Waals surface area (Å²) in [5.41, 5.74) is 2.44. The Balaban J connectivity index is 1.24. The maximum atomic E-state index is 6.32. The summed E-state index contributed by atoms with van der Waals surface area (Å²) >= 11 is 0. The van der Waals surface area contributed by atoms with Gasteiger partial charge in [-0.05, 0) is 48.6 Å². The maximum absolute atomic E-state index is 6.32. The second-order valence-corrected chi connectivity index (χ2v) is 6.93. The van der Waals surface area contributed by atoms with Gasteiger partial charge in [0.2, 0.25) is 0 Å². The zero-order valence-electron chi connectivity index (χ0n) is 14.5. The smallest absolute Gasteiger partial charge is 0.0813 e. The highest BCUT2D eigenvalue weighted by Gasteiger charge is 2.39. The molecule has 0 bridgehead atoms. The zero-order chi connectivity index (χ0) is 16.9. The molecular weight excluding hydrogens is 314 g/mol. The molecule has 2 fully saturated rings. The highest BCUT2D eigenvalue weighted by Crippen LogP contribution is 2.32. The Kier molecular flexibility index (Phi) is 5.35. The first-order valence-corrected chi connectivity index (χ1v) is 9.13. The molecule has 0 aromatic carbocycles. The van der Waals surface area contributed by atoms with E-state index in [0.717, 1.165) is 31.5 Å². The van der Waals surface area contributed by atoms with Gasteiger partial charge in [-0.1, -0.05) is 6.07 Å². The number of nitrogens with zero attached hydrogens (tertiary/aromatic N) is 3. The van der Waals surface area contributed by atoms with Crippen molar-refractivity contribution < 1.29 is 9.47 Å². The number of hydrogen-bond acceptors (Lipinski definition) is 5. The van der Waals surface area contributed by atoms with Gasteiger partial charge in [-0.3, -0.25) is 14.9 Å². The summed E-state index contributed by atoms with van der Waals surface area (Å²) in [5, 5.41) is 0. The lowest BCUT2D eigenvalue weighted by atomic mass is 9.99. The van der Waals surface area contributed by atoms with E-state index in [1.807, 2.05) is 30.7 Å². The summed E-state index contributed by atoms with van der Waals surface area (Å²) in [6.45, 7) is 3.38. The summed E-state index contributed by atoms with van der Waals surface area (Å²) in [5.74, 6) is 0. The van der Waals surface area contributed by atoms with E-state index >= 15 is 0 Å². The van der Waals surface area contributed by atoms with Crippen molar-refractivity contribution in [1.82, 2.24) is 14.9 Å². The first-order chi connectivity index (χ1) is 12.4. The fourth-order valence-corrected chi connectivity index (χ4v) is 3.92. The van der Waals surface area contributed by atoms with Crippen LogP contribution in [0.2, 0.25) is 0 Å². The topological polar surface area (TPSA) is 47.5 Å². The van der Waals surface area contributed by atoms with E-state index in [-0.39, 0.29) is 6.10 Å². The van der Waals surface area contributed by atoms with Crippen LogP contribution in [0.25, 0.3) is 0 Å². The standard InChI is InChI=1S/C20H25N3O2/c1-2-17(12-22-8-1)14-24-15-18-3-4-19-20(25-18)7-11-23(19)13-16-5-9-21-10-6-16/h1-2,5-6,8-10,12,18-20H,3-4,7,11,13-15H2/t18-,19+,20+/m1/s1. The van der Waals surface area contributed by atoms with Gasteiger partial charge < -0.3 is 9.47 Å². The van der Waals surface area contributed by atoms with E-state index in [4.69, 9.17) is 9.47 Å². The molecule has 4 rings (SSSR count). The molecule has 0 aliphatic carbocycles. The summed E-state index contributed by atoms with van der Waals surface area (Å²) in [7, 11) is 0. The van der Waals surface area contributed by atoms with Crippen LogP contribution in [0.4, 0.5) is 0 Å². The van der Waals surface area contributed by atoms with Crippen LogP contribution in [-0.2, 0) is 22.6 Å². The molecule has 25 heavy (non-hydrogen) atoms. The number of rotatable bonds is 6. The van der Waals surface area contributed by atoms with Crippen LogP contribution in [0.1, 0.15) is 30.4 Å². The van der Waals surface area contributed by atoms with Crippen molar-refractivity contribution in [3.63, 3.8) is 0 Å². The van der Waals surface area contributed by atoms with E-state index in [1.165, 1.54) is 12.0 Å². The van der Waals surface area contributed by atoms with E-state index in [1.54, 1.807) is 6.20 Å². The number of fused-ring (bicyclic) bond motifs is 1. The van der Waals surface area contributed by atoms with Gasteiger partial charge in [0.1, 0.15) is 0 Å². The molecule has 5 heteroatoms. The Morgan fingerprint density at radius 3 is 2.80 bits per heavy atom. The van der Waals surface area contributed by atoms with Gasteiger partial charge in [-0.15, -0.1) is 0 Å². The largest absolute Gasteiger partial charge is 0.374 e. The van der Waals surface area contributed by atoms with Gasteiger partial charge >= 0.3 is 0 Å². The number of likely N-dealkylation sites (tertiary alicyclic amines) is 1. The van der Waals surface area contributed by atoms with Crippen molar-refractivity contribution in [3.8, 4) is 0 Å².